The number of hydrogen-bond donors (Lipinski definition) is 0. The van der Waals surface area contributed by atoms with Crippen molar-refractivity contribution in [2.45, 2.75) is 30.2 Å². The maximum atomic E-state index is 12.2. The number of amides is 1. The Morgan fingerprint density at radius 1 is 1.47 bits per heavy atom. The smallest absolute Gasteiger partial charge is 0.233 e. The van der Waals surface area contributed by atoms with Gasteiger partial charge in [-0.3, -0.25) is 4.79 Å². The van der Waals surface area contributed by atoms with Crippen molar-refractivity contribution in [3.63, 3.8) is 0 Å². The second-order valence-corrected chi connectivity index (χ2v) is 6.40. The van der Waals surface area contributed by atoms with Crippen molar-refractivity contribution < 1.29 is 9.53 Å². The van der Waals surface area contributed by atoms with E-state index in [-0.39, 0.29) is 0 Å². The van der Waals surface area contributed by atoms with Gasteiger partial charge >= 0.3 is 0 Å². The van der Waals surface area contributed by atoms with Crippen LogP contribution in [0.3, 0.4) is 0 Å². The Balaban J connectivity index is 1.55. The molecule has 2 bridgehead atoms. The zero-order valence-corrected chi connectivity index (χ0v) is 12.0. The standard InChI is InChI=1S/C15H19NO2S/c1-18-13-3-2-4-14(8-13)19-10-15(17)16-9-11-5-6-12(16)7-11/h2-4,8,11-12H,5-7,9-10H2,1H3/t11-,12-/m0/s1. The average molecular weight is 277 g/mol. The van der Waals surface area contributed by atoms with Gasteiger partial charge in [0.15, 0.2) is 0 Å². The van der Waals surface area contributed by atoms with Crippen molar-refractivity contribution in [1.29, 1.82) is 0 Å². The molecule has 1 aromatic carbocycles. The molecule has 1 aromatic rings. The van der Waals surface area contributed by atoms with Crippen molar-refractivity contribution in [3.05, 3.63) is 24.3 Å². The average Bonchev–Trinajstić information content (AvgIpc) is 3.07. The van der Waals surface area contributed by atoms with Gasteiger partial charge < -0.3 is 9.64 Å². The number of carbonyl (C=O) groups is 1. The zero-order chi connectivity index (χ0) is 13.2. The predicted molar refractivity (Wildman–Crippen MR) is 76.6 cm³/mol. The van der Waals surface area contributed by atoms with E-state index in [0.717, 1.165) is 23.1 Å². The second kappa shape index (κ2) is 5.45. The lowest BCUT2D eigenvalue weighted by molar-refractivity contribution is -0.129. The first-order chi connectivity index (χ1) is 9.26. The molecule has 0 N–H and O–H groups in total. The molecule has 0 radical (unpaired) electrons. The summed E-state index contributed by atoms with van der Waals surface area (Å²) in [5.41, 5.74) is 0. The Morgan fingerprint density at radius 2 is 2.37 bits per heavy atom. The SMILES string of the molecule is COc1cccc(SCC(=O)N2C[C@H]3CC[C@H]2C3)c1. The van der Waals surface area contributed by atoms with Crippen LogP contribution in [0.4, 0.5) is 0 Å². The number of ether oxygens (including phenoxy) is 1. The lowest BCUT2D eigenvalue weighted by Crippen LogP contribution is -2.38. The monoisotopic (exact) mass is 277 g/mol. The summed E-state index contributed by atoms with van der Waals surface area (Å²) >= 11 is 1.60. The van der Waals surface area contributed by atoms with Crippen LogP contribution in [0.5, 0.6) is 5.75 Å². The number of rotatable bonds is 4. The van der Waals surface area contributed by atoms with E-state index >= 15 is 0 Å². The molecule has 1 aliphatic heterocycles. The molecule has 1 amide bonds. The molecule has 2 atom stereocenters. The van der Waals surface area contributed by atoms with Crippen LogP contribution in [0, 0.1) is 5.92 Å². The molecule has 19 heavy (non-hydrogen) atoms. The number of hydrogen-bond acceptors (Lipinski definition) is 3. The van der Waals surface area contributed by atoms with Gasteiger partial charge in [-0.1, -0.05) is 6.07 Å². The van der Waals surface area contributed by atoms with E-state index in [1.54, 1.807) is 18.9 Å². The van der Waals surface area contributed by atoms with Crippen LogP contribution in [-0.2, 0) is 4.79 Å². The summed E-state index contributed by atoms with van der Waals surface area (Å²) in [6, 6.07) is 8.42. The van der Waals surface area contributed by atoms with E-state index in [2.05, 4.69) is 4.90 Å². The number of benzene rings is 1. The van der Waals surface area contributed by atoms with Crippen LogP contribution < -0.4 is 4.74 Å². The van der Waals surface area contributed by atoms with E-state index < -0.39 is 0 Å². The number of methoxy groups -OCH3 is 1. The van der Waals surface area contributed by atoms with Crippen LogP contribution in [0.2, 0.25) is 0 Å². The molecule has 2 fully saturated rings. The molecule has 0 aromatic heterocycles. The van der Waals surface area contributed by atoms with Gasteiger partial charge in [-0.2, -0.15) is 0 Å². The van der Waals surface area contributed by atoms with Gasteiger partial charge in [0.25, 0.3) is 0 Å². The van der Waals surface area contributed by atoms with Crippen molar-refractivity contribution in [2.24, 2.45) is 5.92 Å². The summed E-state index contributed by atoms with van der Waals surface area (Å²) in [6.45, 7) is 0.988. The van der Waals surface area contributed by atoms with E-state index in [0.29, 0.717) is 17.7 Å². The normalized spacial score (nSPS) is 24.8. The highest BCUT2D eigenvalue weighted by Crippen LogP contribution is 2.37. The number of piperidine rings is 1. The van der Waals surface area contributed by atoms with Gasteiger partial charge in [0.05, 0.1) is 12.9 Å². The minimum absolute atomic E-state index is 0.292. The molecule has 1 saturated carbocycles. The molecular weight excluding hydrogens is 258 g/mol. The Kier molecular flexibility index (Phi) is 3.69. The van der Waals surface area contributed by atoms with E-state index in [1.807, 2.05) is 24.3 Å². The molecule has 4 heteroatoms. The fourth-order valence-electron chi connectivity index (χ4n) is 3.15. The van der Waals surface area contributed by atoms with Gasteiger partial charge in [-0.05, 0) is 43.4 Å². The Bertz CT molecular complexity index is 477. The summed E-state index contributed by atoms with van der Waals surface area (Å²) in [6.07, 6.45) is 3.76. The van der Waals surface area contributed by atoms with Crippen molar-refractivity contribution in [1.82, 2.24) is 4.90 Å². The first-order valence-electron chi connectivity index (χ1n) is 6.82. The van der Waals surface area contributed by atoms with E-state index in [9.17, 15) is 4.79 Å². The largest absolute Gasteiger partial charge is 0.497 e. The Labute approximate surface area is 118 Å². The van der Waals surface area contributed by atoms with Crippen LogP contribution in [0.15, 0.2) is 29.2 Å². The van der Waals surface area contributed by atoms with Gasteiger partial charge in [0.1, 0.15) is 5.75 Å². The quantitative estimate of drug-likeness (QED) is 0.793. The van der Waals surface area contributed by atoms with E-state index in [4.69, 9.17) is 4.74 Å². The topological polar surface area (TPSA) is 29.5 Å². The summed E-state index contributed by atoms with van der Waals surface area (Å²) in [7, 11) is 1.66. The number of fused-ring (bicyclic) bond motifs is 2. The molecule has 1 aliphatic carbocycles. The number of nitrogens with zero attached hydrogens (tertiary/aromatic N) is 1. The lowest BCUT2D eigenvalue weighted by atomic mass is 10.1. The lowest BCUT2D eigenvalue weighted by Gasteiger charge is -2.26. The number of thioether (sulfide) groups is 1. The minimum Gasteiger partial charge on any atom is -0.497 e. The maximum Gasteiger partial charge on any atom is 0.233 e. The van der Waals surface area contributed by atoms with Crippen LogP contribution in [0.25, 0.3) is 0 Å². The van der Waals surface area contributed by atoms with Gasteiger partial charge in [0.2, 0.25) is 5.91 Å². The predicted octanol–water partition coefficient (Wildman–Crippen LogP) is 2.80. The minimum atomic E-state index is 0.292. The van der Waals surface area contributed by atoms with Gasteiger partial charge in [0, 0.05) is 17.5 Å². The number of carbonyl (C=O) groups excluding carboxylic acids is 1. The Hall–Kier alpha value is -1.16. The second-order valence-electron chi connectivity index (χ2n) is 5.35. The highest BCUT2D eigenvalue weighted by molar-refractivity contribution is 8.00. The van der Waals surface area contributed by atoms with Gasteiger partial charge in [-0.25, -0.2) is 0 Å². The van der Waals surface area contributed by atoms with Crippen molar-refractivity contribution >= 4 is 17.7 Å². The molecule has 3 nitrogen and oxygen atoms in total. The van der Waals surface area contributed by atoms with Crippen molar-refractivity contribution in [3.8, 4) is 5.75 Å². The van der Waals surface area contributed by atoms with Crippen LogP contribution in [-0.4, -0.2) is 36.3 Å². The van der Waals surface area contributed by atoms with Crippen molar-refractivity contribution in [2.75, 3.05) is 19.4 Å². The molecule has 0 spiro atoms. The zero-order valence-electron chi connectivity index (χ0n) is 11.2. The van der Waals surface area contributed by atoms with Crippen LogP contribution >= 0.6 is 11.8 Å². The molecule has 2 aliphatic rings. The highest BCUT2D eigenvalue weighted by atomic mass is 32.2. The molecule has 1 heterocycles. The molecular formula is C15H19NO2S. The molecule has 0 unspecified atom stereocenters. The summed E-state index contributed by atoms with van der Waals surface area (Å²) in [4.78, 5) is 15.4. The summed E-state index contributed by atoms with van der Waals surface area (Å²) in [5, 5.41) is 0. The summed E-state index contributed by atoms with van der Waals surface area (Å²) < 4.78 is 5.19. The maximum absolute atomic E-state index is 12.2. The molecule has 3 rings (SSSR count). The highest BCUT2D eigenvalue weighted by Gasteiger charge is 2.39. The molecule has 102 valence electrons. The van der Waals surface area contributed by atoms with Crippen LogP contribution in [0.1, 0.15) is 19.3 Å². The first-order valence-corrected chi connectivity index (χ1v) is 7.81. The Morgan fingerprint density at radius 3 is 3.05 bits per heavy atom. The third kappa shape index (κ3) is 2.73. The number of likely N-dealkylation sites (tertiary alicyclic amines) is 1. The first kappa shape index (κ1) is 12.9. The van der Waals surface area contributed by atoms with E-state index in [1.165, 1.54) is 19.3 Å². The third-order valence-electron chi connectivity index (χ3n) is 4.13. The van der Waals surface area contributed by atoms with Gasteiger partial charge in [-0.15, -0.1) is 11.8 Å². The fraction of sp³-hybridized carbons (Fsp3) is 0.533. The summed E-state index contributed by atoms with van der Waals surface area (Å²) in [5.74, 6) is 2.45. The third-order valence-corrected chi connectivity index (χ3v) is 5.11. The molecule has 1 saturated heterocycles. The fourth-order valence-corrected chi connectivity index (χ4v) is 3.98.